The summed E-state index contributed by atoms with van der Waals surface area (Å²) in [5.41, 5.74) is 6.61. The minimum Gasteiger partial charge on any atom is -0.465 e. The van der Waals surface area contributed by atoms with Gasteiger partial charge < -0.3 is 15.4 Å². The molecule has 1 aliphatic heterocycles. The number of carbonyl (C=O) groups is 2. The molecular formula is C13H15FN2O5S. The Morgan fingerprint density at radius 2 is 2.18 bits per heavy atom. The number of nitrogens with zero attached hydrogens (tertiary/aromatic N) is 1. The Kier molecular flexibility index (Phi) is 4.36. The highest BCUT2D eigenvalue weighted by Crippen LogP contribution is 2.31. The third-order valence-electron chi connectivity index (χ3n) is 3.38. The second kappa shape index (κ2) is 5.91. The first kappa shape index (κ1) is 16.2. The fourth-order valence-corrected chi connectivity index (χ4v) is 3.24. The molecule has 22 heavy (non-hydrogen) atoms. The number of rotatable bonds is 4. The Morgan fingerprint density at radius 1 is 1.50 bits per heavy atom. The zero-order valence-corrected chi connectivity index (χ0v) is 12.6. The van der Waals surface area contributed by atoms with Crippen LogP contribution in [0.2, 0.25) is 0 Å². The van der Waals surface area contributed by atoms with Crippen LogP contribution in [0.4, 0.5) is 15.3 Å². The minimum atomic E-state index is -4.64. The largest absolute Gasteiger partial charge is 0.465 e. The fraction of sp³-hybridized carbons (Fsp3) is 0.385. The SMILES string of the molecule is COC(=O)c1ccc(N2CC(CS(=O)(=O)F)CC2=O)c(N)c1. The van der Waals surface area contributed by atoms with E-state index >= 15 is 0 Å². The Labute approximate surface area is 127 Å². The van der Waals surface area contributed by atoms with Crippen molar-refractivity contribution in [3.05, 3.63) is 23.8 Å². The van der Waals surface area contributed by atoms with Gasteiger partial charge in [0.25, 0.3) is 0 Å². The maximum atomic E-state index is 12.7. The van der Waals surface area contributed by atoms with Crippen molar-refractivity contribution in [2.75, 3.05) is 30.0 Å². The molecule has 1 aliphatic rings. The number of halogens is 1. The number of nitrogens with two attached hydrogens (primary N) is 1. The molecule has 0 saturated carbocycles. The van der Waals surface area contributed by atoms with Crippen molar-refractivity contribution in [3.8, 4) is 0 Å². The first-order valence-corrected chi connectivity index (χ1v) is 7.97. The summed E-state index contributed by atoms with van der Waals surface area (Å²) in [5, 5.41) is 0. The molecule has 7 nitrogen and oxygen atoms in total. The summed E-state index contributed by atoms with van der Waals surface area (Å²) >= 11 is 0. The number of anilines is 2. The highest BCUT2D eigenvalue weighted by atomic mass is 32.3. The van der Waals surface area contributed by atoms with E-state index in [1.807, 2.05) is 0 Å². The van der Waals surface area contributed by atoms with E-state index < -0.39 is 27.9 Å². The topological polar surface area (TPSA) is 107 Å². The van der Waals surface area contributed by atoms with Gasteiger partial charge in [0, 0.05) is 18.9 Å². The van der Waals surface area contributed by atoms with E-state index in [0.717, 1.165) is 0 Å². The summed E-state index contributed by atoms with van der Waals surface area (Å²) in [7, 11) is -3.40. The predicted octanol–water partition coefficient (Wildman–Crippen LogP) is 0.708. The van der Waals surface area contributed by atoms with E-state index in [-0.39, 0.29) is 30.1 Å². The number of hydrogen-bond acceptors (Lipinski definition) is 6. The highest BCUT2D eigenvalue weighted by Gasteiger charge is 2.34. The lowest BCUT2D eigenvalue weighted by Crippen LogP contribution is -2.26. The molecule has 9 heteroatoms. The highest BCUT2D eigenvalue weighted by molar-refractivity contribution is 7.86. The van der Waals surface area contributed by atoms with Gasteiger partial charge in [-0.15, -0.1) is 3.89 Å². The monoisotopic (exact) mass is 330 g/mol. The number of carbonyl (C=O) groups excluding carboxylic acids is 2. The van der Waals surface area contributed by atoms with Crippen molar-refractivity contribution in [2.45, 2.75) is 6.42 Å². The molecule has 120 valence electrons. The molecule has 0 bridgehead atoms. The van der Waals surface area contributed by atoms with E-state index in [1.165, 1.54) is 30.2 Å². The molecule has 2 N–H and O–H groups in total. The molecule has 1 atom stereocenters. The van der Waals surface area contributed by atoms with Gasteiger partial charge in [0.05, 0.1) is 29.8 Å². The molecule has 1 amide bonds. The summed E-state index contributed by atoms with van der Waals surface area (Å²) in [6, 6.07) is 4.30. The number of nitrogen functional groups attached to an aromatic ring is 1. The molecule has 0 aliphatic carbocycles. The molecular weight excluding hydrogens is 315 g/mol. The van der Waals surface area contributed by atoms with Crippen LogP contribution in [-0.2, 0) is 19.8 Å². The molecule has 2 rings (SSSR count). The molecule has 1 aromatic rings. The van der Waals surface area contributed by atoms with Crippen LogP contribution in [0, 0.1) is 5.92 Å². The molecule has 0 aromatic heterocycles. The normalized spacial score (nSPS) is 18.5. The van der Waals surface area contributed by atoms with Crippen LogP contribution in [0.15, 0.2) is 18.2 Å². The van der Waals surface area contributed by atoms with E-state index in [1.54, 1.807) is 0 Å². The lowest BCUT2D eigenvalue weighted by Gasteiger charge is -2.19. The average molecular weight is 330 g/mol. The van der Waals surface area contributed by atoms with Gasteiger partial charge in [0.2, 0.25) is 5.91 Å². The fourth-order valence-electron chi connectivity index (χ4n) is 2.45. The van der Waals surface area contributed by atoms with Crippen molar-refractivity contribution in [1.29, 1.82) is 0 Å². The van der Waals surface area contributed by atoms with Crippen molar-refractivity contribution in [2.24, 2.45) is 5.92 Å². The van der Waals surface area contributed by atoms with Crippen LogP contribution >= 0.6 is 0 Å². The molecule has 1 unspecified atom stereocenters. The first-order chi connectivity index (χ1) is 10.2. The van der Waals surface area contributed by atoms with Crippen molar-refractivity contribution >= 4 is 33.5 Å². The Hall–Kier alpha value is -2.16. The molecule has 1 fully saturated rings. The number of benzene rings is 1. The zero-order chi connectivity index (χ0) is 16.5. The first-order valence-electron chi connectivity index (χ1n) is 6.42. The van der Waals surface area contributed by atoms with Crippen LogP contribution in [0.25, 0.3) is 0 Å². The van der Waals surface area contributed by atoms with Gasteiger partial charge >= 0.3 is 16.2 Å². The third-order valence-corrected chi connectivity index (χ3v) is 4.25. The maximum absolute atomic E-state index is 12.7. The smallest absolute Gasteiger partial charge is 0.337 e. The van der Waals surface area contributed by atoms with Gasteiger partial charge in [-0.3, -0.25) is 4.79 Å². The number of esters is 1. The van der Waals surface area contributed by atoms with Crippen LogP contribution in [0.1, 0.15) is 16.8 Å². The average Bonchev–Trinajstić information content (AvgIpc) is 2.76. The van der Waals surface area contributed by atoms with Crippen molar-refractivity contribution in [3.63, 3.8) is 0 Å². The summed E-state index contributed by atoms with van der Waals surface area (Å²) in [5.74, 6) is -2.23. The van der Waals surface area contributed by atoms with Crippen molar-refractivity contribution < 1.29 is 26.6 Å². The standard InChI is InChI=1S/C13H15FN2O5S/c1-21-13(18)9-2-3-11(10(15)5-9)16-6-8(4-12(16)17)7-22(14,19)20/h2-3,5,8H,4,6-7,15H2,1H3. The summed E-state index contributed by atoms with van der Waals surface area (Å²) in [6.45, 7) is 0.0593. The van der Waals surface area contributed by atoms with Crippen LogP contribution < -0.4 is 10.6 Å². The maximum Gasteiger partial charge on any atom is 0.337 e. The Balaban J connectivity index is 2.22. The van der Waals surface area contributed by atoms with E-state index in [2.05, 4.69) is 4.74 Å². The number of ether oxygens (including phenoxy) is 1. The molecule has 1 aromatic carbocycles. The summed E-state index contributed by atoms with van der Waals surface area (Å²) in [4.78, 5) is 24.7. The zero-order valence-electron chi connectivity index (χ0n) is 11.8. The number of methoxy groups -OCH3 is 1. The van der Waals surface area contributed by atoms with Crippen LogP contribution in [0.3, 0.4) is 0 Å². The molecule has 1 heterocycles. The second-order valence-corrected chi connectivity index (χ2v) is 6.46. The van der Waals surface area contributed by atoms with Gasteiger partial charge in [-0.05, 0) is 18.2 Å². The van der Waals surface area contributed by atoms with Gasteiger partial charge in [0.1, 0.15) is 0 Å². The Bertz CT molecular complexity index is 719. The van der Waals surface area contributed by atoms with E-state index in [9.17, 15) is 21.9 Å². The summed E-state index contributed by atoms with van der Waals surface area (Å²) < 4.78 is 38.7. The lowest BCUT2D eigenvalue weighted by molar-refractivity contribution is -0.117. The van der Waals surface area contributed by atoms with Crippen LogP contribution in [0.5, 0.6) is 0 Å². The Morgan fingerprint density at radius 3 is 2.73 bits per heavy atom. The number of hydrogen-bond donors (Lipinski definition) is 1. The second-order valence-electron chi connectivity index (χ2n) is 5.05. The van der Waals surface area contributed by atoms with Gasteiger partial charge in [-0.1, -0.05) is 0 Å². The van der Waals surface area contributed by atoms with Gasteiger partial charge in [0.15, 0.2) is 0 Å². The van der Waals surface area contributed by atoms with E-state index in [4.69, 9.17) is 5.73 Å². The third kappa shape index (κ3) is 3.53. The molecule has 1 saturated heterocycles. The molecule has 0 spiro atoms. The van der Waals surface area contributed by atoms with Gasteiger partial charge in [-0.25, -0.2) is 4.79 Å². The minimum absolute atomic E-state index is 0.0593. The van der Waals surface area contributed by atoms with E-state index in [0.29, 0.717) is 5.69 Å². The number of amides is 1. The molecule has 0 radical (unpaired) electrons. The summed E-state index contributed by atoms with van der Waals surface area (Å²) in [6.07, 6.45) is -0.0681. The van der Waals surface area contributed by atoms with Gasteiger partial charge in [-0.2, -0.15) is 8.42 Å². The lowest BCUT2D eigenvalue weighted by atomic mass is 10.1. The quantitative estimate of drug-likeness (QED) is 0.495. The van der Waals surface area contributed by atoms with Crippen molar-refractivity contribution in [1.82, 2.24) is 0 Å². The van der Waals surface area contributed by atoms with Crippen LogP contribution in [-0.4, -0.2) is 39.7 Å². The predicted molar refractivity (Wildman–Crippen MR) is 77.5 cm³/mol.